The van der Waals surface area contributed by atoms with Crippen LogP contribution in [0.4, 0.5) is 19.4 Å². The molecular weight excluding hydrogens is 556 g/mol. The average Bonchev–Trinajstić information content (AvgIpc) is 3.57. The van der Waals surface area contributed by atoms with Crippen molar-refractivity contribution in [2.24, 2.45) is 0 Å². The van der Waals surface area contributed by atoms with Crippen molar-refractivity contribution < 1.29 is 23.1 Å². The van der Waals surface area contributed by atoms with Gasteiger partial charge in [0.2, 0.25) is 0 Å². The Morgan fingerprint density at radius 3 is 2.67 bits per heavy atom. The molecular formula is C31H29F2N7O3. The van der Waals surface area contributed by atoms with Crippen LogP contribution in [0.15, 0.2) is 79.1 Å². The number of hydrogen-bond donors (Lipinski definition) is 2. The summed E-state index contributed by atoms with van der Waals surface area (Å²) in [5.74, 6) is -1.50. The molecule has 1 aliphatic heterocycles. The molecule has 5 aromatic rings. The van der Waals surface area contributed by atoms with Gasteiger partial charge in [0.15, 0.2) is 11.6 Å². The fourth-order valence-corrected chi connectivity index (χ4v) is 5.10. The molecule has 1 saturated heterocycles. The number of pyridine rings is 2. The van der Waals surface area contributed by atoms with E-state index in [0.29, 0.717) is 36.8 Å². The van der Waals surface area contributed by atoms with Crippen molar-refractivity contribution in [1.82, 2.24) is 30.1 Å². The Balaban J connectivity index is 1.30. The maximum atomic E-state index is 14.1. The summed E-state index contributed by atoms with van der Waals surface area (Å²) >= 11 is 0. The Bertz CT molecular complexity index is 1770. The second-order valence-electron chi connectivity index (χ2n) is 10.1. The van der Waals surface area contributed by atoms with Crippen LogP contribution >= 0.6 is 0 Å². The molecule has 2 atom stereocenters. The first kappa shape index (κ1) is 28.3. The molecule has 1 fully saturated rings. The lowest BCUT2D eigenvalue weighted by atomic mass is 10.0. The average molecular weight is 586 g/mol. The van der Waals surface area contributed by atoms with E-state index in [0.717, 1.165) is 40.0 Å². The number of urea groups is 1. The summed E-state index contributed by atoms with van der Waals surface area (Å²) in [5.41, 5.74) is 4.73. The minimum atomic E-state index is -0.993. The smallest absolute Gasteiger partial charge is 0.320 e. The first-order chi connectivity index (χ1) is 20.9. The van der Waals surface area contributed by atoms with E-state index in [2.05, 4.69) is 20.6 Å². The van der Waals surface area contributed by atoms with Crippen LogP contribution in [0.5, 0.6) is 0 Å². The Labute approximate surface area is 246 Å². The van der Waals surface area contributed by atoms with Crippen LogP contribution < -0.4 is 10.6 Å². The summed E-state index contributed by atoms with van der Waals surface area (Å²) in [4.78, 5) is 28.5. The molecule has 0 aliphatic carbocycles. The van der Waals surface area contributed by atoms with Gasteiger partial charge in [0, 0.05) is 43.7 Å². The van der Waals surface area contributed by atoms with Gasteiger partial charge in [-0.25, -0.2) is 18.3 Å². The van der Waals surface area contributed by atoms with E-state index in [-0.39, 0.29) is 0 Å². The summed E-state index contributed by atoms with van der Waals surface area (Å²) in [6.07, 6.45) is 2.69. The van der Waals surface area contributed by atoms with Crippen molar-refractivity contribution in [2.45, 2.75) is 19.1 Å². The van der Waals surface area contributed by atoms with E-state index in [1.807, 2.05) is 55.5 Å². The number of fused-ring (bicyclic) bond motifs is 1. The Kier molecular flexibility index (Phi) is 8.05. The summed E-state index contributed by atoms with van der Waals surface area (Å²) in [5, 5.41) is 12.4. The van der Waals surface area contributed by atoms with Gasteiger partial charge in [-0.05, 0) is 55.0 Å². The van der Waals surface area contributed by atoms with Crippen LogP contribution in [0.3, 0.4) is 0 Å². The highest BCUT2D eigenvalue weighted by Crippen LogP contribution is 2.33. The summed E-state index contributed by atoms with van der Waals surface area (Å²) in [6, 6.07) is 17.5. The molecule has 12 heteroatoms. The van der Waals surface area contributed by atoms with Crippen LogP contribution in [0.25, 0.3) is 28.0 Å². The number of rotatable bonds is 8. The van der Waals surface area contributed by atoms with Gasteiger partial charge < -0.3 is 10.1 Å². The van der Waals surface area contributed by atoms with Crippen molar-refractivity contribution >= 4 is 22.9 Å². The molecule has 2 N–H and O–H groups in total. The predicted molar refractivity (Wildman–Crippen MR) is 156 cm³/mol. The zero-order chi connectivity index (χ0) is 29.9. The van der Waals surface area contributed by atoms with Gasteiger partial charge in [-0.15, -0.1) is 0 Å². The summed E-state index contributed by atoms with van der Waals surface area (Å²) in [6.45, 7) is 2.99. The third-order valence-electron chi connectivity index (χ3n) is 7.24. The molecule has 10 nitrogen and oxygen atoms in total. The summed E-state index contributed by atoms with van der Waals surface area (Å²) in [7, 11) is 1.57. The normalized spacial score (nSPS) is 16.9. The molecule has 0 radical (unpaired) electrons. The Morgan fingerprint density at radius 2 is 1.88 bits per heavy atom. The monoisotopic (exact) mass is 585 g/mol. The van der Waals surface area contributed by atoms with E-state index in [9.17, 15) is 13.6 Å². The zero-order valence-electron chi connectivity index (χ0n) is 23.5. The number of amides is 2. The molecule has 3 aromatic heterocycles. The first-order valence-electron chi connectivity index (χ1n) is 13.7. The fourth-order valence-electron chi connectivity index (χ4n) is 5.10. The summed E-state index contributed by atoms with van der Waals surface area (Å²) < 4.78 is 34.6. The number of hydroxylamine groups is 2. The molecule has 2 aromatic carbocycles. The third kappa shape index (κ3) is 5.93. The molecule has 0 saturated carbocycles. The number of anilines is 1. The lowest BCUT2D eigenvalue weighted by Gasteiger charge is -2.20. The number of nitrogens with zero attached hydrogens (tertiary/aromatic N) is 5. The molecule has 0 unspecified atom stereocenters. The van der Waals surface area contributed by atoms with Gasteiger partial charge in [-0.2, -0.15) is 10.2 Å². The molecule has 0 bridgehead atoms. The van der Waals surface area contributed by atoms with Gasteiger partial charge in [0.1, 0.15) is 11.9 Å². The van der Waals surface area contributed by atoms with Crippen LogP contribution in [0.1, 0.15) is 17.2 Å². The Hall–Kier alpha value is -4.78. The second kappa shape index (κ2) is 12.2. The lowest BCUT2D eigenvalue weighted by Crippen LogP contribution is -2.42. The van der Waals surface area contributed by atoms with Gasteiger partial charge in [-0.3, -0.25) is 20.1 Å². The van der Waals surface area contributed by atoms with E-state index >= 15 is 0 Å². The van der Waals surface area contributed by atoms with Crippen molar-refractivity contribution in [3.63, 3.8) is 0 Å². The molecule has 220 valence electrons. The van der Waals surface area contributed by atoms with Gasteiger partial charge in [-0.1, -0.05) is 24.3 Å². The number of hydrogen-bond acceptors (Lipinski definition) is 7. The highest BCUT2D eigenvalue weighted by atomic mass is 19.2. The largest absolute Gasteiger partial charge is 0.383 e. The minimum absolute atomic E-state index is 0.304. The third-order valence-corrected chi connectivity index (χ3v) is 7.24. The zero-order valence-corrected chi connectivity index (χ0v) is 23.5. The van der Waals surface area contributed by atoms with E-state index < -0.39 is 29.8 Å². The van der Waals surface area contributed by atoms with Crippen LogP contribution in [0.2, 0.25) is 0 Å². The van der Waals surface area contributed by atoms with Gasteiger partial charge in [0.25, 0.3) is 0 Å². The maximum Gasteiger partial charge on any atom is 0.320 e. The number of methoxy groups -OCH3 is 1. The standard InChI is InChI=1S/C31H29F2N7O3/c1-19-28(21-16-26-25(35-17-21)9-6-12-34-26)38-40(22-7-4-3-5-8-22)30(19)37-31(41)36-27-18-39(13-14-42-2)43-29(27)20-10-11-23(32)24(33)15-20/h3-12,15-17,27,29H,13-14,18H2,1-2H3,(H2,36,37,41)/t27-,29+/m1/s1. The first-order valence-corrected chi connectivity index (χ1v) is 13.7. The van der Waals surface area contributed by atoms with Crippen LogP contribution in [0, 0.1) is 18.6 Å². The highest BCUT2D eigenvalue weighted by molar-refractivity contribution is 5.91. The van der Waals surface area contributed by atoms with Crippen molar-refractivity contribution in [2.75, 3.05) is 32.1 Å². The second-order valence-corrected chi connectivity index (χ2v) is 10.1. The van der Waals surface area contributed by atoms with E-state index in [1.165, 1.54) is 6.07 Å². The topological polar surface area (TPSA) is 106 Å². The van der Waals surface area contributed by atoms with Crippen LogP contribution in [-0.2, 0) is 9.57 Å². The number of halogens is 2. The number of para-hydroxylation sites is 1. The number of ether oxygens (including phenoxy) is 1. The van der Waals surface area contributed by atoms with Gasteiger partial charge in [0.05, 0.1) is 35.1 Å². The SMILES string of the molecule is COCCN1C[C@@H](NC(=O)Nc2c(C)c(-c3cnc4cccnc4c3)nn2-c2ccccc2)[C@H](c2ccc(F)c(F)c2)O1. The van der Waals surface area contributed by atoms with Crippen LogP contribution in [-0.4, -0.2) is 63.7 Å². The van der Waals surface area contributed by atoms with Crippen molar-refractivity contribution in [1.29, 1.82) is 0 Å². The molecule has 1 aliphatic rings. The number of benzene rings is 2. The quantitative estimate of drug-likeness (QED) is 0.258. The van der Waals surface area contributed by atoms with Crippen molar-refractivity contribution in [3.05, 3.63) is 102 Å². The number of carbonyl (C=O) groups excluding carboxylic acids is 1. The Morgan fingerprint density at radius 1 is 1.05 bits per heavy atom. The predicted octanol–water partition coefficient (Wildman–Crippen LogP) is 5.19. The number of nitrogens with one attached hydrogen (secondary N) is 2. The number of aromatic nitrogens is 4. The molecule has 6 rings (SSSR count). The highest BCUT2D eigenvalue weighted by Gasteiger charge is 2.37. The van der Waals surface area contributed by atoms with E-state index in [1.54, 1.807) is 29.2 Å². The fraction of sp³-hybridized carbons (Fsp3) is 0.226. The number of carbonyl (C=O) groups is 1. The lowest BCUT2D eigenvalue weighted by molar-refractivity contribution is -0.154. The maximum absolute atomic E-state index is 14.1. The van der Waals surface area contributed by atoms with Gasteiger partial charge >= 0.3 is 6.03 Å². The molecule has 4 heterocycles. The van der Waals surface area contributed by atoms with Crippen molar-refractivity contribution in [3.8, 4) is 16.9 Å². The minimum Gasteiger partial charge on any atom is -0.383 e. The van der Waals surface area contributed by atoms with E-state index in [4.69, 9.17) is 14.7 Å². The molecule has 43 heavy (non-hydrogen) atoms. The molecule has 2 amide bonds. The molecule has 0 spiro atoms.